The van der Waals surface area contributed by atoms with Crippen LogP contribution in [0.2, 0.25) is 0 Å². The second-order valence-electron chi connectivity index (χ2n) is 7.36. The van der Waals surface area contributed by atoms with Gasteiger partial charge >= 0.3 is 0 Å². The first-order valence-electron chi connectivity index (χ1n) is 7.15. The Kier molecular flexibility index (Phi) is 4.33. The van der Waals surface area contributed by atoms with E-state index in [1.54, 1.807) is 4.90 Å². The number of carbonyl (C=O) groups is 2. The fraction of sp³-hybridized carbons (Fsp3) is 0.867. The van der Waals surface area contributed by atoms with Crippen molar-refractivity contribution in [2.45, 2.75) is 66.5 Å². The molecule has 0 aromatic carbocycles. The highest BCUT2D eigenvalue weighted by atomic mass is 16.2. The molecule has 2 amide bonds. The minimum absolute atomic E-state index is 0.0188. The largest absolute Gasteiger partial charge is 0.340 e. The third-order valence-corrected chi connectivity index (χ3v) is 3.72. The first-order valence-corrected chi connectivity index (χ1v) is 7.15. The highest BCUT2D eigenvalue weighted by Crippen LogP contribution is 2.28. The molecule has 2 unspecified atom stereocenters. The highest BCUT2D eigenvalue weighted by molar-refractivity contribution is 5.99. The Labute approximate surface area is 116 Å². The molecule has 1 heterocycles. The first kappa shape index (κ1) is 16.0. The normalized spacial score (nSPS) is 28.8. The number of piperazine rings is 1. The van der Waals surface area contributed by atoms with E-state index in [4.69, 9.17) is 0 Å². The van der Waals surface area contributed by atoms with E-state index in [-0.39, 0.29) is 29.2 Å². The minimum Gasteiger partial charge on any atom is -0.340 e. The Bertz CT molecular complexity index is 371. The molecule has 1 N–H and O–H groups in total. The Hall–Kier alpha value is -1.06. The molecule has 4 nitrogen and oxygen atoms in total. The van der Waals surface area contributed by atoms with Crippen LogP contribution in [0.25, 0.3) is 0 Å². The number of rotatable bonds is 3. The van der Waals surface area contributed by atoms with Gasteiger partial charge in [-0.1, -0.05) is 41.5 Å². The summed E-state index contributed by atoms with van der Waals surface area (Å²) >= 11 is 0. The molecule has 1 aliphatic rings. The Morgan fingerprint density at radius 2 is 1.84 bits per heavy atom. The lowest BCUT2D eigenvalue weighted by molar-refractivity contribution is -0.157. The van der Waals surface area contributed by atoms with Gasteiger partial charge in [-0.15, -0.1) is 0 Å². The minimum atomic E-state index is -0.756. The Morgan fingerprint density at radius 1 is 1.32 bits per heavy atom. The summed E-state index contributed by atoms with van der Waals surface area (Å²) in [6.45, 7) is 14.6. The Morgan fingerprint density at radius 3 is 2.21 bits per heavy atom. The number of hydrogen-bond acceptors (Lipinski definition) is 2. The van der Waals surface area contributed by atoms with Crippen molar-refractivity contribution in [3.05, 3.63) is 0 Å². The van der Waals surface area contributed by atoms with Crippen LogP contribution in [0.3, 0.4) is 0 Å². The maximum absolute atomic E-state index is 12.7. The molecule has 1 saturated heterocycles. The summed E-state index contributed by atoms with van der Waals surface area (Å²) in [4.78, 5) is 26.9. The number of hydrogen-bond donors (Lipinski definition) is 1. The zero-order chi connectivity index (χ0) is 15.0. The summed E-state index contributed by atoms with van der Waals surface area (Å²) in [6, 6.07) is -0.355. The molecular weight excluding hydrogens is 240 g/mol. The summed E-state index contributed by atoms with van der Waals surface area (Å²) in [5.74, 6) is 0.138. The number of nitrogens with one attached hydrogen (secondary N) is 1. The van der Waals surface area contributed by atoms with E-state index < -0.39 is 5.54 Å². The smallest absolute Gasteiger partial charge is 0.248 e. The van der Waals surface area contributed by atoms with Crippen molar-refractivity contribution >= 4 is 11.8 Å². The van der Waals surface area contributed by atoms with Gasteiger partial charge in [-0.3, -0.25) is 9.59 Å². The Balaban J connectivity index is 3.14. The van der Waals surface area contributed by atoms with Gasteiger partial charge in [-0.05, 0) is 24.7 Å². The van der Waals surface area contributed by atoms with Gasteiger partial charge in [-0.2, -0.15) is 0 Å². The second-order valence-corrected chi connectivity index (χ2v) is 7.36. The van der Waals surface area contributed by atoms with E-state index in [0.717, 1.165) is 0 Å². The van der Waals surface area contributed by atoms with Crippen molar-refractivity contribution in [1.29, 1.82) is 0 Å². The van der Waals surface area contributed by atoms with Crippen LogP contribution in [0.4, 0.5) is 0 Å². The number of nitrogens with zero attached hydrogens (tertiary/aromatic N) is 1. The summed E-state index contributed by atoms with van der Waals surface area (Å²) in [7, 11) is 0. The van der Waals surface area contributed by atoms with E-state index in [2.05, 4.69) is 26.1 Å². The summed E-state index contributed by atoms with van der Waals surface area (Å²) < 4.78 is 0. The topological polar surface area (TPSA) is 49.4 Å². The average Bonchev–Trinajstić information content (AvgIpc) is 2.23. The molecule has 1 aliphatic heterocycles. The van der Waals surface area contributed by atoms with E-state index in [1.807, 2.05) is 27.7 Å². The van der Waals surface area contributed by atoms with E-state index in [0.29, 0.717) is 13.0 Å². The van der Waals surface area contributed by atoms with Crippen molar-refractivity contribution in [1.82, 2.24) is 10.2 Å². The van der Waals surface area contributed by atoms with Crippen LogP contribution in [0.15, 0.2) is 0 Å². The summed E-state index contributed by atoms with van der Waals surface area (Å²) in [5.41, 5.74) is -0.775. The summed E-state index contributed by atoms with van der Waals surface area (Å²) in [5, 5.41) is 2.91. The van der Waals surface area contributed by atoms with Gasteiger partial charge in [0, 0.05) is 6.54 Å². The lowest BCUT2D eigenvalue weighted by Gasteiger charge is -2.47. The van der Waals surface area contributed by atoms with Crippen LogP contribution >= 0.6 is 0 Å². The zero-order valence-corrected chi connectivity index (χ0v) is 13.3. The van der Waals surface area contributed by atoms with Gasteiger partial charge in [0.1, 0.15) is 11.6 Å². The molecule has 0 spiro atoms. The fourth-order valence-corrected chi connectivity index (χ4v) is 2.57. The van der Waals surface area contributed by atoms with Crippen LogP contribution in [0.5, 0.6) is 0 Å². The fourth-order valence-electron chi connectivity index (χ4n) is 2.57. The molecule has 0 aromatic rings. The predicted octanol–water partition coefficient (Wildman–Crippen LogP) is 2.18. The zero-order valence-electron chi connectivity index (χ0n) is 13.3. The number of carbonyl (C=O) groups excluding carboxylic acids is 2. The first-order chi connectivity index (χ1) is 8.52. The lowest BCUT2D eigenvalue weighted by atomic mass is 9.85. The van der Waals surface area contributed by atoms with Gasteiger partial charge in [0.15, 0.2) is 0 Å². The monoisotopic (exact) mass is 268 g/mol. The van der Waals surface area contributed by atoms with Gasteiger partial charge in [0.2, 0.25) is 11.8 Å². The van der Waals surface area contributed by atoms with E-state index in [1.165, 1.54) is 0 Å². The number of amides is 2. The van der Waals surface area contributed by atoms with Crippen molar-refractivity contribution < 1.29 is 9.59 Å². The lowest BCUT2D eigenvalue weighted by Crippen LogP contribution is -2.70. The maximum atomic E-state index is 12.7. The van der Waals surface area contributed by atoms with Crippen LogP contribution in [-0.2, 0) is 9.59 Å². The molecule has 0 radical (unpaired) electrons. The van der Waals surface area contributed by atoms with Gasteiger partial charge in [-0.25, -0.2) is 0 Å². The van der Waals surface area contributed by atoms with Crippen molar-refractivity contribution in [2.24, 2.45) is 11.3 Å². The molecule has 0 aromatic heterocycles. The molecule has 110 valence electrons. The van der Waals surface area contributed by atoms with E-state index >= 15 is 0 Å². The average molecular weight is 268 g/mol. The quantitative estimate of drug-likeness (QED) is 0.853. The molecule has 0 aliphatic carbocycles. The molecule has 0 saturated carbocycles. The van der Waals surface area contributed by atoms with Crippen LogP contribution in [0.1, 0.15) is 54.9 Å². The molecule has 2 atom stereocenters. The maximum Gasteiger partial charge on any atom is 0.248 e. The highest BCUT2D eigenvalue weighted by Gasteiger charge is 2.48. The van der Waals surface area contributed by atoms with Crippen molar-refractivity contribution in [3.63, 3.8) is 0 Å². The van der Waals surface area contributed by atoms with Gasteiger partial charge in [0.25, 0.3) is 0 Å². The third kappa shape index (κ3) is 3.28. The predicted molar refractivity (Wildman–Crippen MR) is 76.6 cm³/mol. The molecule has 1 rings (SSSR count). The van der Waals surface area contributed by atoms with Crippen LogP contribution in [0, 0.1) is 11.3 Å². The van der Waals surface area contributed by atoms with Crippen LogP contribution < -0.4 is 5.32 Å². The molecule has 19 heavy (non-hydrogen) atoms. The van der Waals surface area contributed by atoms with Crippen molar-refractivity contribution in [3.8, 4) is 0 Å². The summed E-state index contributed by atoms with van der Waals surface area (Å²) in [6.07, 6.45) is 0.614. The van der Waals surface area contributed by atoms with Gasteiger partial charge < -0.3 is 10.2 Å². The standard InChI is InChI=1S/C15H28N2O2/c1-8-15(7)13(19)17(9-14(4,5)6)11(10(2)3)12(18)16-15/h10-11H,8-9H2,1-7H3,(H,16,18). The second kappa shape index (κ2) is 5.14. The van der Waals surface area contributed by atoms with Gasteiger partial charge in [0.05, 0.1) is 0 Å². The third-order valence-electron chi connectivity index (χ3n) is 3.72. The molecule has 4 heteroatoms. The van der Waals surface area contributed by atoms with E-state index in [9.17, 15) is 9.59 Å². The van der Waals surface area contributed by atoms with Crippen molar-refractivity contribution in [2.75, 3.05) is 6.54 Å². The SMILES string of the molecule is CCC1(C)NC(=O)C(C(C)C)N(CC(C)(C)C)C1=O. The molecule has 0 bridgehead atoms. The molecule has 1 fully saturated rings. The molecular formula is C15H28N2O2. The van der Waals surface area contributed by atoms with Crippen LogP contribution in [-0.4, -0.2) is 34.8 Å².